The number of nitrogens with one attached hydrogen (secondary N) is 1. The molecule has 0 bridgehead atoms. The molecule has 1 aliphatic rings. The van der Waals surface area contributed by atoms with Crippen molar-refractivity contribution in [3.8, 4) is 0 Å². The number of aliphatic hydroxyl groups is 1. The highest BCUT2D eigenvalue weighted by atomic mass is 16.3. The zero-order valence-corrected chi connectivity index (χ0v) is 13.6. The number of hydrogen-bond donors (Lipinski definition) is 2. The van der Waals surface area contributed by atoms with Crippen LogP contribution in [0.2, 0.25) is 0 Å². The number of hydrogen-bond acceptors (Lipinski definition) is 4. The normalized spacial score (nSPS) is 13.7. The van der Waals surface area contributed by atoms with Crippen LogP contribution in [0.4, 0.5) is 10.6 Å². The molecule has 2 amide bonds. The molecule has 7 nitrogen and oxygen atoms in total. The Balaban J connectivity index is 1.62. The molecular weight excluding hydrogens is 306 g/mol. The van der Waals surface area contributed by atoms with E-state index in [0.29, 0.717) is 31.4 Å². The predicted octanol–water partition coefficient (Wildman–Crippen LogP) is 2.10. The SMILES string of the molecule is O=C(Nc1ccnn1Cc1ccccn1)N(CCCCO)C1CC1. The number of anilines is 1. The van der Waals surface area contributed by atoms with Gasteiger partial charge in [0.2, 0.25) is 0 Å². The van der Waals surface area contributed by atoms with Gasteiger partial charge in [-0.3, -0.25) is 10.3 Å². The second kappa shape index (κ2) is 7.92. The molecule has 0 aliphatic heterocycles. The van der Waals surface area contributed by atoms with Gasteiger partial charge in [0.15, 0.2) is 0 Å². The molecule has 0 saturated heterocycles. The van der Waals surface area contributed by atoms with Crippen molar-refractivity contribution in [2.45, 2.75) is 38.3 Å². The van der Waals surface area contributed by atoms with Crippen LogP contribution in [0.15, 0.2) is 36.7 Å². The molecule has 2 aromatic rings. The maximum Gasteiger partial charge on any atom is 0.323 e. The maximum absolute atomic E-state index is 12.6. The fourth-order valence-electron chi connectivity index (χ4n) is 2.62. The van der Waals surface area contributed by atoms with Crippen molar-refractivity contribution in [3.05, 3.63) is 42.4 Å². The van der Waals surface area contributed by atoms with Crippen LogP contribution in [0.25, 0.3) is 0 Å². The third-order valence-electron chi connectivity index (χ3n) is 4.05. The van der Waals surface area contributed by atoms with Crippen LogP contribution in [-0.2, 0) is 6.54 Å². The van der Waals surface area contributed by atoms with Crippen LogP contribution in [-0.4, -0.2) is 50.0 Å². The Morgan fingerprint density at radius 2 is 2.17 bits per heavy atom. The summed E-state index contributed by atoms with van der Waals surface area (Å²) >= 11 is 0. The van der Waals surface area contributed by atoms with E-state index in [0.717, 1.165) is 25.0 Å². The first-order chi connectivity index (χ1) is 11.8. The summed E-state index contributed by atoms with van der Waals surface area (Å²) in [6, 6.07) is 7.75. The van der Waals surface area contributed by atoms with Crippen LogP contribution >= 0.6 is 0 Å². The van der Waals surface area contributed by atoms with E-state index >= 15 is 0 Å². The van der Waals surface area contributed by atoms with Crippen LogP contribution in [0.1, 0.15) is 31.4 Å². The van der Waals surface area contributed by atoms with E-state index in [1.807, 2.05) is 23.1 Å². The van der Waals surface area contributed by atoms with E-state index in [9.17, 15) is 4.79 Å². The topological polar surface area (TPSA) is 83.3 Å². The summed E-state index contributed by atoms with van der Waals surface area (Å²) in [6.07, 6.45) is 7.06. The zero-order chi connectivity index (χ0) is 16.8. The van der Waals surface area contributed by atoms with Crippen molar-refractivity contribution in [1.82, 2.24) is 19.7 Å². The number of nitrogens with zero attached hydrogens (tertiary/aromatic N) is 4. The number of amides is 2. The number of pyridine rings is 1. The standard InChI is InChI=1S/C17H23N5O2/c23-12-4-3-11-21(15-6-7-15)17(24)20-16-8-10-19-22(16)13-14-5-1-2-9-18-14/h1-2,5,8-10,15,23H,3-4,6-7,11-13H2,(H,20,24). The average Bonchev–Trinajstić information content (AvgIpc) is 3.34. The first-order valence-electron chi connectivity index (χ1n) is 8.38. The van der Waals surface area contributed by atoms with E-state index in [1.165, 1.54) is 0 Å². The van der Waals surface area contributed by atoms with Gasteiger partial charge in [-0.1, -0.05) is 6.07 Å². The number of rotatable bonds is 8. The summed E-state index contributed by atoms with van der Waals surface area (Å²) in [5.74, 6) is 0.665. The minimum Gasteiger partial charge on any atom is -0.396 e. The molecule has 0 aromatic carbocycles. The molecule has 1 saturated carbocycles. The summed E-state index contributed by atoms with van der Waals surface area (Å²) in [5, 5.41) is 16.1. The summed E-state index contributed by atoms with van der Waals surface area (Å²) in [5.41, 5.74) is 0.888. The lowest BCUT2D eigenvalue weighted by atomic mass is 10.3. The third kappa shape index (κ3) is 4.32. The summed E-state index contributed by atoms with van der Waals surface area (Å²) < 4.78 is 1.74. The van der Waals surface area contributed by atoms with Gasteiger partial charge in [0.05, 0.1) is 18.4 Å². The Kier molecular flexibility index (Phi) is 5.43. The lowest BCUT2D eigenvalue weighted by molar-refractivity contribution is 0.203. The summed E-state index contributed by atoms with van der Waals surface area (Å²) in [4.78, 5) is 18.7. The molecule has 2 N–H and O–H groups in total. The van der Waals surface area contributed by atoms with Crippen molar-refractivity contribution < 1.29 is 9.90 Å². The van der Waals surface area contributed by atoms with Gasteiger partial charge in [-0.15, -0.1) is 0 Å². The highest BCUT2D eigenvalue weighted by molar-refractivity contribution is 5.88. The van der Waals surface area contributed by atoms with E-state index in [4.69, 9.17) is 5.11 Å². The van der Waals surface area contributed by atoms with Gasteiger partial charge in [-0.2, -0.15) is 5.10 Å². The van der Waals surface area contributed by atoms with Crippen molar-refractivity contribution in [1.29, 1.82) is 0 Å². The minimum atomic E-state index is -0.0989. The summed E-state index contributed by atoms with van der Waals surface area (Å²) in [7, 11) is 0. The van der Waals surface area contributed by atoms with E-state index < -0.39 is 0 Å². The number of carbonyl (C=O) groups is 1. The monoisotopic (exact) mass is 329 g/mol. The molecule has 0 radical (unpaired) electrons. The molecule has 2 aromatic heterocycles. The Morgan fingerprint density at radius 1 is 1.29 bits per heavy atom. The predicted molar refractivity (Wildman–Crippen MR) is 90.6 cm³/mol. The Labute approximate surface area is 141 Å². The van der Waals surface area contributed by atoms with Crippen LogP contribution in [0.5, 0.6) is 0 Å². The molecule has 0 spiro atoms. The highest BCUT2D eigenvalue weighted by Gasteiger charge is 2.32. The fourth-order valence-corrected chi connectivity index (χ4v) is 2.62. The molecule has 1 fully saturated rings. The summed E-state index contributed by atoms with van der Waals surface area (Å²) in [6.45, 7) is 1.35. The Morgan fingerprint density at radius 3 is 2.88 bits per heavy atom. The lowest BCUT2D eigenvalue weighted by Crippen LogP contribution is -2.38. The third-order valence-corrected chi connectivity index (χ3v) is 4.05. The number of aliphatic hydroxyl groups excluding tert-OH is 1. The van der Waals surface area contributed by atoms with Gasteiger partial charge in [0.25, 0.3) is 0 Å². The van der Waals surface area contributed by atoms with Crippen molar-refractivity contribution >= 4 is 11.8 Å². The molecule has 3 rings (SSSR count). The molecular formula is C17H23N5O2. The lowest BCUT2D eigenvalue weighted by Gasteiger charge is -2.23. The molecule has 0 unspecified atom stereocenters. The van der Waals surface area contributed by atoms with Gasteiger partial charge < -0.3 is 10.0 Å². The smallest absolute Gasteiger partial charge is 0.323 e. The van der Waals surface area contributed by atoms with Gasteiger partial charge in [-0.05, 0) is 37.8 Å². The second-order valence-corrected chi connectivity index (χ2v) is 5.98. The van der Waals surface area contributed by atoms with Gasteiger partial charge >= 0.3 is 6.03 Å². The number of aromatic nitrogens is 3. The molecule has 1 aliphatic carbocycles. The van der Waals surface area contributed by atoms with Crippen molar-refractivity contribution in [3.63, 3.8) is 0 Å². The van der Waals surface area contributed by atoms with Crippen LogP contribution < -0.4 is 5.32 Å². The highest BCUT2D eigenvalue weighted by Crippen LogP contribution is 2.27. The van der Waals surface area contributed by atoms with Crippen LogP contribution in [0, 0.1) is 0 Å². The van der Waals surface area contributed by atoms with Gasteiger partial charge in [0.1, 0.15) is 5.82 Å². The van der Waals surface area contributed by atoms with Gasteiger partial charge in [-0.25, -0.2) is 9.48 Å². The molecule has 128 valence electrons. The first-order valence-corrected chi connectivity index (χ1v) is 8.38. The minimum absolute atomic E-state index is 0.0989. The second-order valence-electron chi connectivity index (χ2n) is 5.98. The average molecular weight is 329 g/mol. The van der Waals surface area contributed by atoms with E-state index in [-0.39, 0.29) is 12.6 Å². The van der Waals surface area contributed by atoms with E-state index in [2.05, 4.69) is 15.4 Å². The number of urea groups is 1. The van der Waals surface area contributed by atoms with E-state index in [1.54, 1.807) is 23.1 Å². The molecule has 0 atom stereocenters. The number of unbranched alkanes of at least 4 members (excludes halogenated alkanes) is 1. The molecule has 24 heavy (non-hydrogen) atoms. The molecule has 7 heteroatoms. The van der Waals surface area contributed by atoms with Crippen LogP contribution in [0.3, 0.4) is 0 Å². The first kappa shape index (κ1) is 16.4. The fraction of sp³-hybridized carbons (Fsp3) is 0.471. The Bertz CT molecular complexity index is 654. The van der Waals surface area contributed by atoms with Crippen molar-refractivity contribution in [2.24, 2.45) is 0 Å². The number of carbonyl (C=O) groups excluding carboxylic acids is 1. The quantitative estimate of drug-likeness (QED) is 0.727. The maximum atomic E-state index is 12.6. The van der Waals surface area contributed by atoms with Crippen molar-refractivity contribution in [2.75, 3.05) is 18.5 Å². The Hall–Kier alpha value is -2.41. The zero-order valence-electron chi connectivity index (χ0n) is 13.6. The largest absolute Gasteiger partial charge is 0.396 e. The van der Waals surface area contributed by atoms with Gasteiger partial charge in [0, 0.05) is 31.5 Å². The molecule has 2 heterocycles.